The summed E-state index contributed by atoms with van der Waals surface area (Å²) >= 11 is 3.35. The van der Waals surface area contributed by atoms with Gasteiger partial charge in [0.2, 0.25) is 0 Å². The van der Waals surface area contributed by atoms with E-state index >= 15 is 0 Å². The molecule has 2 heterocycles. The summed E-state index contributed by atoms with van der Waals surface area (Å²) in [5.74, 6) is 0.852. The summed E-state index contributed by atoms with van der Waals surface area (Å²) in [6.07, 6.45) is 0. The van der Waals surface area contributed by atoms with E-state index in [9.17, 15) is 0 Å². The Kier molecular flexibility index (Phi) is 2.48. The van der Waals surface area contributed by atoms with Crippen LogP contribution in [0, 0.1) is 6.92 Å². The van der Waals surface area contributed by atoms with Crippen molar-refractivity contribution in [2.75, 3.05) is 0 Å². The third-order valence-electron chi connectivity index (χ3n) is 2.68. The van der Waals surface area contributed by atoms with Crippen LogP contribution in [-0.2, 0) is 0 Å². The second-order valence-corrected chi connectivity index (χ2v) is 4.81. The van der Waals surface area contributed by atoms with Gasteiger partial charge in [-0.05, 0) is 35.0 Å². The van der Waals surface area contributed by atoms with Gasteiger partial charge in [-0.25, -0.2) is 4.98 Å². The number of hydrogen-bond acceptors (Lipinski definition) is 2. The van der Waals surface area contributed by atoms with Crippen molar-refractivity contribution in [2.45, 2.75) is 6.92 Å². The van der Waals surface area contributed by atoms with Crippen LogP contribution in [0.2, 0.25) is 0 Å². The summed E-state index contributed by atoms with van der Waals surface area (Å²) in [6.45, 7) is 2.07. The monoisotopic (exact) mass is 287 g/mol. The molecule has 3 aromatic rings. The molecule has 1 aromatic carbocycles. The Morgan fingerprint density at radius 3 is 2.59 bits per heavy atom. The maximum absolute atomic E-state index is 5.77. The average molecular weight is 288 g/mol. The number of rotatable bonds is 1. The largest absolute Gasteiger partial charge is 0.454 e. The van der Waals surface area contributed by atoms with Gasteiger partial charge in [-0.3, -0.25) is 0 Å². The Morgan fingerprint density at radius 2 is 1.82 bits per heavy atom. The number of aromatic nitrogens is 1. The molecule has 84 valence electrons. The van der Waals surface area contributed by atoms with Crippen molar-refractivity contribution in [3.63, 3.8) is 0 Å². The first-order valence-corrected chi connectivity index (χ1v) is 6.15. The summed E-state index contributed by atoms with van der Waals surface area (Å²) < 4.78 is 6.59. The summed E-state index contributed by atoms with van der Waals surface area (Å²) in [6, 6.07) is 14.0. The van der Waals surface area contributed by atoms with Crippen LogP contribution in [0.5, 0.6) is 0 Å². The predicted octanol–water partition coefficient (Wildman–Crippen LogP) is 4.57. The van der Waals surface area contributed by atoms with Crippen LogP contribution >= 0.6 is 15.9 Å². The van der Waals surface area contributed by atoms with Gasteiger partial charge in [-0.2, -0.15) is 0 Å². The van der Waals surface area contributed by atoms with Crippen molar-refractivity contribution in [3.8, 4) is 11.3 Å². The summed E-state index contributed by atoms with van der Waals surface area (Å²) in [5.41, 5.74) is 3.99. The lowest BCUT2D eigenvalue weighted by Gasteiger charge is -1.96. The molecule has 0 saturated heterocycles. The molecular formula is C14H10BrNO. The van der Waals surface area contributed by atoms with Crippen molar-refractivity contribution in [3.05, 3.63) is 52.6 Å². The third-order valence-corrected chi connectivity index (χ3v) is 3.12. The zero-order valence-corrected chi connectivity index (χ0v) is 10.9. The number of hydrogen-bond donors (Lipinski definition) is 0. The van der Waals surface area contributed by atoms with Crippen molar-refractivity contribution < 1.29 is 4.42 Å². The van der Waals surface area contributed by atoms with Crippen LogP contribution in [0.1, 0.15) is 5.56 Å². The summed E-state index contributed by atoms with van der Waals surface area (Å²) in [5, 5.41) is 0. The molecule has 3 heteroatoms. The quantitative estimate of drug-likeness (QED) is 0.613. The summed E-state index contributed by atoms with van der Waals surface area (Å²) in [4.78, 5) is 4.36. The second kappa shape index (κ2) is 4.00. The molecule has 0 unspecified atom stereocenters. The van der Waals surface area contributed by atoms with Crippen LogP contribution in [0.3, 0.4) is 0 Å². The average Bonchev–Trinajstić information content (AvgIpc) is 2.72. The SMILES string of the molecule is Cc1ccc(-c2cc3nc(Br)ccc3o2)cc1. The summed E-state index contributed by atoms with van der Waals surface area (Å²) in [7, 11) is 0. The van der Waals surface area contributed by atoms with Gasteiger partial charge in [-0.1, -0.05) is 29.8 Å². The Bertz CT molecular complexity index is 670. The number of fused-ring (bicyclic) bond motifs is 1. The Labute approximate surface area is 107 Å². The van der Waals surface area contributed by atoms with Gasteiger partial charge < -0.3 is 4.42 Å². The van der Waals surface area contributed by atoms with Gasteiger partial charge in [0.1, 0.15) is 15.9 Å². The molecule has 0 aliphatic heterocycles. The molecule has 3 rings (SSSR count). The van der Waals surface area contributed by atoms with E-state index in [1.165, 1.54) is 5.56 Å². The minimum atomic E-state index is 0.809. The normalized spacial score (nSPS) is 10.9. The minimum Gasteiger partial charge on any atom is -0.454 e. The lowest BCUT2D eigenvalue weighted by Crippen LogP contribution is -1.74. The smallest absolute Gasteiger partial charge is 0.153 e. The van der Waals surface area contributed by atoms with E-state index in [1.807, 2.05) is 18.2 Å². The van der Waals surface area contributed by atoms with E-state index < -0.39 is 0 Å². The second-order valence-electron chi connectivity index (χ2n) is 3.99. The number of aryl methyl sites for hydroxylation is 1. The molecule has 0 bridgehead atoms. The van der Waals surface area contributed by atoms with E-state index in [2.05, 4.69) is 52.1 Å². The maximum Gasteiger partial charge on any atom is 0.153 e. The number of furan rings is 1. The molecule has 0 atom stereocenters. The Balaban J connectivity index is 2.14. The molecule has 17 heavy (non-hydrogen) atoms. The zero-order chi connectivity index (χ0) is 11.8. The van der Waals surface area contributed by atoms with Gasteiger partial charge in [0.05, 0.1) is 0 Å². The molecular weight excluding hydrogens is 278 g/mol. The molecule has 0 fully saturated rings. The van der Waals surface area contributed by atoms with Crippen molar-refractivity contribution in [1.82, 2.24) is 4.98 Å². The highest BCUT2D eigenvalue weighted by atomic mass is 79.9. The van der Waals surface area contributed by atoms with Crippen molar-refractivity contribution >= 4 is 27.0 Å². The highest BCUT2D eigenvalue weighted by Crippen LogP contribution is 2.27. The van der Waals surface area contributed by atoms with Crippen LogP contribution in [0.15, 0.2) is 51.5 Å². The van der Waals surface area contributed by atoms with Crippen LogP contribution < -0.4 is 0 Å². The highest BCUT2D eigenvalue weighted by molar-refractivity contribution is 9.10. The molecule has 0 radical (unpaired) electrons. The molecule has 0 aliphatic carbocycles. The molecule has 2 nitrogen and oxygen atoms in total. The van der Waals surface area contributed by atoms with Gasteiger partial charge in [-0.15, -0.1) is 0 Å². The minimum absolute atomic E-state index is 0.809. The standard InChI is InChI=1S/C14H10BrNO/c1-9-2-4-10(5-3-9)13-8-11-12(17-13)6-7-14(15)16-11/h2-8H,1H3. The van der Waals surface area contributed by atoms with Gasteiger partial charge in [0.25, 0.3) is 0 Å². The number of benzene rings is 1. The Morgan fingerprint density at radius 1 is 1.06 bits per heavy atom. The third kappa shape index (κ3) is 1.98. The van der Waals surface area contributed by atoms with Crippen molar-refractivity contribution in [2.24, 2.45) is 0 Å². The first-order valence-electron chi connectivity index (χ1n) is 5.35. The molecule has 0 saturated carbocycles. The van der Waals surface area contributed by atoms with E-state index in [-0.39, 0.29) is 0 Å². The van der Waals surface area contributed by atoms with E-state index in [0.717, 1.165) is 27.0 Å². The van der Waals surface area contributed by atoms with E-state index in [4.69, 9.17) is 4.42 Å². The van der Waals surface area contributed by atoms with Crippen LogP contribution in [-0.4, -0.2) is 4.98 Å². The molecule has 0 amide bonds. The van der Waals surface area contributed by atoms with E-state index in [0.29, 0.717) is 0 Å². The number of halogens is 1. The van der Waals surface area contributed by atoms with Gasteiger partial charge >= 0.3 is 0 Å². The molecule has 0 aliphatic rings. The number of nitrogens with zero attached hydrogens (tertiary/aromatic N) is 1. The number of pyridine rings is 1. The lowest BCUT2D eigenvalue weighted by molar-refractivity contribution is 0.631. The fourth-order valence-electron chi connectivity index (χ4n) is 1.76. The van der Waals surface area contributed by atoms with Gasteiger partial charge in [0, 0.05) is 11.6 Å². The van der Waals surface area contributed by atoms with E-state index in [1.54, 1.807) is 0 Å². The molecule has 0 spiro atoms. The van der Waals surface area contributed by atoms with Crippen molar-refractivity contribution in [1.29, 1.82) is 0 Å². The highest BCUT2D eigenvalue weighted by Gasteiger charge is 2.07. The lowest BCUT2D eigenvalue weighted by atomic mass is 10.1. The first kappa shape index (κ1) is 10.5. The fourth-order valence-corrected chi connectivity index (χ4v) is 2.08. The molecule has 2 aromatic heterocycles. The molecule has 0 N–H and O–H groups in total. The first-order chi connectivity index (χ1) is 8.22. The topological polar surface area (TPSA) is 26.0 Å². The predicted molar refractivity (Wildman–Crippen MR) is 71.9 cm³/mol. The zero-order valence-electron chi connectivity index (χ0n) is 9.27. The Hall–Kier alpha value is -1.61. The maximum atomic E-state index is 5.77. The van der Waals surface area contributed by atoms with Gasteiger partial charge in [0.15, 0.2) is 5.58 Å². The van der Waals surface area contributed by atoms with Crippen LogP contribution in [0.4, 0.5) is 0 Å². The van der Waals surface area contributed by atoms with Crippen LogP contribution in [0.25, 0.3) is 22.4 Å². The fraction of sp³-hybridized carbons (Fsp3) is 0.0714.